The lowest BCUT2D eigenvalue weighted by Crippen LogP contribution is -2.31. The molecule has 0 saturated carbocycles. The van der Waals surface area contributed by atoms with Gasteiger partial charge in [-0.25, -0.2) is 4.79 Å². The molecule has 0 aromatic heterocycles. The van der Waals surface area contributed by atoms with E-state index in [1.54, 1.807) is 0 Å². The van der Waals surface area contributed by atoms with Gasteiger partial charge in [-0.15, -0.1) is 0 Å². The average Bonchev–Trinajstić information content (AvgIpc) is 2.14. The summed E-state index contributed by atoms with van der Waals surface area (Å²) >= 11 is 0. The Morgan fingerprint density at radius 3 is 2.15 bits per heavy atom. The first-order valence-electron chi connectivity index (χ1n) is 4.04. The van der Waals surface area contributed by atoms with Crippen LogP contribution in [0.2, 0.25) is 0 Å². The lowest BCUT2D eigenvalue weighted by Gasteiger charge is -2.26. The van der Waals surface area contributed by atoms with Crippen molar-refractivity contribution in [1.82, 2.24) is 0 Å². The van der Waals surface area contributed by atoms with Crippen LogP contribution in [-0.2, 0) is 14.3 Å². The predicted octanol–water partition coefficient (Wildman–Crippen LogP) is 1.42. The lowest BCUT2D eigenvalue weighted by molar-refractivity contribution is -0.172. The molecule has 76 valence electrons. The van der Waals surface area contributed by atoms with Crippen molar-refractivity contribution in [2.75, 3.05) is 14.2 Å². The molecule has 0 atom stereocenters. The van der Waals surface area contributed by atoms with E-state index in [1.807, 2.05) is 6.92 Å². The number of ether oxygens (including phenoxy) is 2. The summed E-state index contributed by atoms with van der Waals surface area (Å²) in [5.41, 5.74) is 0.213. The summed E-state index contributed by atoms with van der Waals surface area (Å²) in [7, 11) is 2.97. The zero-order valence-corrected chi connectivity index (χ0v) is 8.46. The minimum atomic E-state index is -0.966. The van der Waals surface area contributed by atoms with Crippen LogP contribution in [0.4, 0.5) is 0 Å². The van der Waals surface area contributed by atoms with Gasteiger partial charge < -0.3 is 14.6 Å². The van der Waals surface area contributed by atoms with Gasteiger partial charge in [0, 0.05) is 26.2 Å². The van der Waals surface area contributed by atoms with E-state index in [-0.39, 0.29) is 5.57 Å². The van der Waals surface area contributed by atoms with Gasteiger partial charge in [-0.3, -0.25) is 0 Å². The van der Waals surface area contributed by atoms with Crippen molar-refractivity contribution in [2.45, 2.75) is 26.1 Å². The van der Waals surface area contributed by atoms with E-state index < -0.39 is 11.8 Å². The van der Waals surface area contributed by atoms with Gasteiger partial charge in [0.25, 0.3) is 0 Å². The SMILES string of the molecule is CCC(C=C(C)C(=O)O)(OC)OC. The topological polar surface area (TPSA) is 55.8 Å². The van der Waals surface area contributed by atoms with Gasteiger partial charge >= 0.3 is 5.97 Å². The third-order valence-corrected chi connectivity index (χ3v) is 1.96. The van der Waals surface area contributed by atoms with Gasteiger partial charge in [0.1, 0.15) is 0 Å². The maximum Gasteiger partial charge on any atom is 0.331 e. The molecule has 0 fully saturated rings. The second kappa shape index (κ2) is 4.99. The molecule has 0 aliphatic heterocycles. The molecule has 0 saturated heterocycles. The van der Waals surface area contributed by atoms with Crippen LogP contribution in [0, 0.1) is 0 Å². The van der Waals surface area contributed by atoms with Crippen LogP contribution in [0.25, 0.3) is 0 Å². The number of aliphatic carboxylic acids is 1. The minimum absolute atomic E-state index is 0.213. The molecule has 0 unspecified atom stereocenters. The van der Waals surface area contributed by atoms with Crippen LogP contribution in [0.1, 0.15) is 20.3 Å². The molecular formula is C9H16O4. The van der Waals surface area contributed by atoms with Gasteiger partial charge in [0.05, 0.1) is 0 Å². The number of carbonyl (C=O) groups is 1. The summed E-state index contributed by atoms with van der Waals surface area (Å²) in [5, 5.41) is 8.65. The van der Waals surface area contributed by atoms with Gasteiger partial charge in [0.15, 0.2) is 5.79 Å². The van der Waals surface area contributed by atoms with Crippen molar-refractivity contribution in [2.24, 2.45) is 0 Å². The Hall–Kier alpha value is -0.870. The third kappa shape index (κ3) is 3.16. The highest BCUT2D eigenvalue weighted by Crippen LogP contribution is 2.19. The lowest BCUT2D eigenvalue weighted by atomic mass is 10.1. The molecule has 0 aliphatic rings. The molecule has 0 spiro atoms. The highest BCUT2D eigenvalue weighted by Gasteiger charge is 2.25. The third-order valence-electron chi connectivity index (χ3n) is 1.96. The van der Waals surface area contributed by atoms with Crippen molar-refractivity contribution in [1.29, 1.82) is 0 Å². The van der Waals surface area contributed by atoms with Crippen LogP contribution >= 0.6 is 0 Å². The average molecular weight is 188 g/mol. The minimum Gasteiger partial charge on any atom is -0.478 e. The maximum absolute atomic E-state index is 10.5. The fourth-order valence-corrected chi connectivity index (χ4v) is 0.984. The van der Waals surface area contributed by atoms with E-state index in [0.29, 0.717) is 6.42 Å². The molecule has 0 aliphatic carbocycles. The summed E-state index contributed by atoms with van der Waals surface area (Å²) < 4.78 is 10.2. The second-order valence-electron chi connectivity index (χ2n) is 2.71. The summed E-state index contributed by atoms with van der Waals surface area (Å²) in [6.07, 6.45) is 2.03. The molecule has 1 N–H and O–H groups in total. The van der Waals surface area contributed by atoms with Gasteiger partial charge in [-0.2, -0.15) is 0 Å². The second-order valence-corrected chi connectivity index (χ2v) is 2.71. The summed E-state index contributed by atoms with van der Waals surface area (Å²) in [5.74, 6) is -1.88. The number of methoxy groups -OCH3 is 2. The number of hydrogen-bond donors (Lipinski definition) is 1. The van der Waals surface area contributed by atoms with Crippen molar-refractivity contribution >= 4 is 5.97 Å². The largest absolute Gasteiger partial charge is 0.478 e. The molecule has 4 nitrogen and oxygen atoms in total. The Kier molecular flexibility index (Phi) is 4.66. The molecule has 0 aromatic rings. The molecule has 0 bridgehead atoms. The smallest absolute Gasteiger partial charge is 0.331 e. The number of carboxylic acids is 1. The molecule has 4 heteroatoms. The van der Waals surface area contributed by atoms with Crippen molar-refractivity contribution in [3.8, 4) is 0 Å². The monoisotopic (exact) mass is 188 g/mol. The standard InChI is InChI=1S/C9H16O4/c1-5-9(12-3,13-4)6-7(2)8(10)11/h6H,5H2,1-4H3,(H,10,11). The van der Waals surface area contributed by atoms with Crippen molar-refractivity contribution in [3.63, 3.8) is 0 Å². The van der Waals surface area contributed by atoms with E-state index in [1.165, 1.54) is 27.2 Å². The fourth-order valence-electron chi connectivity index (χ4n) is 0.984. The normalized spacial score (nSPS) is 13.1. The fraction of sp³-hybridized carbons (Fsp3) is 0.667. The van der Waals surface area contributed by atoms with Crippen molar-refractivity contribution < 1.29 is 19.4 Å². The van der Waals surface area contributed by atoms with E-state index in [2.05, 4.69) is 0 Å². The molecule has 0 radical (unpaired) electrons. The highest BCUT2D eigenvalue weighted by atomic mass is 16.7. The van der Waals surface area contributed by atoms with Crippen LogP contribution in [0.5, 0.6) is 0 Å². The first kappa shape index (κ1) is 12.1. The van der Waals surface area contributed by atoms with Gasteiger partial charge in [-0.05, 0) is 13.0 Å². The predicted molar refractivity (Wildman–Crippen MR) is 48.4 cm³/mol. The number of rotatable bonds is 5. The first-order valence-corrected chi connectivity index (χ1v) is 4.04. The maximum atomic E-state index is 10.5. The van der Waals surface area contributed by atoms with Crippen LogP contribution in [0.15, 0.2) is 11.6 Å². The Morgan fingerprint density at radius 2 is 1.92 bits per heavy atom. The summed E-state index contributed by atoms with van der Waals surface area (Å²) in [4.78, 5) is 10.5. The molecule has 0 rings (SSSR count). The first-order chi connectivity index (χ1) is 6.01. The van der Waals surface area contributed by atoms with Crippen LogP contribution < -0.4 is 0 Å². The Bertz CT molecular complexity index is 195. The van der Waals surface area contributed by atoms with Crippen LogP contribution in [0.3, 0.4) is 0 Å². The number of hydrogen-bond acceptors (Lipinski definition) is 3. The zero-order chi connectivity index (χ0) is 10.5. The quantitative estimate of drug-likeness (QED) is 0.523. The van der Waals surface area contributed by atoms with Gasteiger partial charge in [0.2, 0.25) is 0 Å². The Morgan fingerprint density at radius 1 is 1.46 bits per heavy atom. The van der Waals surface area contributed by atoms with E-state index >= 15 is 0 Å². The van der Waals surface area contributed by atoms with Crippen LogP contribution in [-0.4, -0.2) is 31.1 Å². The van der Waals surface area contributed by atoms with Crippen molar-refractivity contribution in [3.05, 3.63) is 11.6 Å². The molecule has 0 aromatic carbocycles. The Labute approximate surface area is 78.2 Å². The molecule has 0 heterocycles. The molecule has 0 amide bonds. The summed E-state index contributed by atoms with van der Waals surface area (Å²) in [6.45, 7) is 3.36. The van der Waals surface area contributed by atoms with E-state index in [0.717, 1.165) is 0 Å². The van der Waals surface area contributed by atoms with Gasteiger partial charge in [-0.1, -0.05) is 6.92 Å². The molecular weight excluding hydrogens is 172 g/mol. The van der Waals surface area contributed by atoms with E-state index in [9.17, 15) is 4.79 Å². The highest BCUT2D eigenvalue weighted by molar-refractivity contribution is 5.85. The summed E-state index contributed by atoms with van der Waals surface area (Å²) in [6, 6.07) is 0. The number of carboxylic acid groups (broad SMARTS) is 1. The zero-order valence-electron chi connectivity index (χ0n) is 8.46. The van der Waals surface area contributed by atoms with E-state index in [4.69, 9.17) is 14.6 Å². The molecule has 13 heavy (non-hydrogen) atoms. The Balaban J connectivity index is 4.76.